The normalized spacial score (nSPS) is 20.8. The lowest BCUT2D eigenvalue weighted by molar-refractivity contribution is -0.144. The molecular weight excluding hydrogens is 264 g/mol. The molecule has 21 heavy (non-hydrogen) atoms. The lowest BCUT2D eigenvalue weighted by Crippen LogP contribution is -2.40. The summed E-state index contributed by atoms with van der Waals surface area (Å²) in [4.78, 5) is 24.7. The molecule has 0 saturated carbocycles. The molecule has 1 unspecified atom stereocenters. The molecule has 0 amide bonds. The van der Waals surface area contributed by atoms with Crippen LogP contribution in [-0.4, -0.2) is 11.6 Å². The number of hydrogen-bond donors (Lipinski definition) is 0. The number of carbonyl (C=O) groups is 2. The SMILES string of the molecule is CC(=O)C1(c2ccccc2)OC(c2ccccc2)=CC1=O. The number of ketones is 2. The molecule has 1 atom stereocenters. The highest BCUT2D eigenvalue weighted by Gasteiger charge is 2.50. The fourth-order valence-electron chi connectivity index (χ4n) is 2.53. The average Bonchev–Trinajstić information content (AvgIpc) is 2.88. The number of rotatable bonds is 3. The zero-order valence-corrected chi connectivity index (χ0v) is 11.6. The lowest BCUT2D eigenvalue weighted by Gasteiger charge is -2.26. The molecule has 3 heteroatoms. The summed E-state index contributed by atoms with van der Waals surface area (Å²) in [6, 6.07) is 18.2. The Balaban J connectivity index is 2.07. The van der Waals surface area contributed by atoms with Crippen LogP contribution in [0.2, 0.25) is 0 Å². The molecule has 0 radical (unpaired) electrons. The van der Waals surface area contributed by atoms with Crippen LogP contribution in [-0.2, 0) is 19.9 Å². The maximum absolute atomic E-state index is 12.5. The van der Waals surface area contributed by atoms with Crippen LogP contribution >= 0.6 is 0 Å². The smallest absolute Gasteiger partial charge is 0.253 e. The van der Waals surface area contributed by atoms with Gasteiger partial charge < -0.3 is 4.74 Å². The third-order valence-corrected chi connectivity index (χ3v) is 3.61. The third kappa shape index (κ3) is 2.07. The van der Waals surface area contributed by atoms with Gasteiger partial charge in [0.2, 0.25) is 5.78 Å². The van der Waals surface area contributed by atoms with Gasteiger partial charge in [-0.2, -0.15) is 0 Å². The van der Waals surface area contributed by atoms with Crippen molar-refractivity contribution in [1.82, 2.24) is 0 Å². The lowest BCUT2D eigenvalue weighted by atomic mass is 9.87. The van der Waals surface area contributed by atoms with Gasteiger partial charge in [-0.05, 0) is 6.92 Å². The van der Waals surface area contributed by atoms with Gasteiger partial charge in [0.25, 0.3) is 5.60 Å². The number of hydrogen-bond acceptors (Lipinski definition) is 3. The maximum Gasteiger partial charge on any atom is 0.253 e. The van der Waals surface area contributed by atoms with Gasteiger partial charge in [0.05, 0.1) is 0 Å². The van der Waals surface area contributed by atoms with Crippen LogP contribution in [0.4, 0.5) is 0 Å². The molecule has 104 valence electrons. The van der Waals surface area contributed by atoms with E-state index in [-0.39, 0.29) is 11.6 Å². The second-order valence-electron chi connectivity index (χ2n) is 4.94. The second kappa shape index (κ2) is 5.02. The van der Waals surface area contributed by atoms with Crippen molar-refractivity contribution in [3.05, 3.63) is 77.9 Å². The number of ether oxygens (including phenoxy) is 1. The summed E-state index contributed by atoms with van der Waals surface area (Å²) in [5, 5.41) is 0. The molecule has 1 heterocycles. The maximum atomic E-state index is 12.5. The van der Waals surface area contributed by atoms with Gasteiger partial charge in [0.1, 0.15) is 5.76 Å². The highest BCUT2D eigenvalue weighted by atomic mass is 16.5. The summed E-state index contributed by atoms with van der Waals surface area (Å²) in [5.41, 5.74) is -0.207. The Morgan fingerprint density at radius 2 is 1.52 bits per heavy atom. The molecule has 1 aliphatic rings. The van der Waals surface area contributed by atoms with E-state index in [2.05, 4.69) is 0 Å². The van der Waals surface area contributed by atoms with Gasteiger partial charge in [-0.25, -0.2) is 0 Å². The highest BCUT2D eigenvalue weighted by Crippen LogP contribution is 2.39. The minimum Gasteiger partial charge on any atom is -0.466 e. The molecule has 0 saturated heterocycles. The molecule has 3 rings (SSSR count). The summed E-state index contributed by atoms with van der Waals surface area (Å²) in [6.07, 6.45) is 1.41. The van der Waals surface area contributed by atoms with Crippen LogP contribution in [0, 0.1) is 0 Å². The Bertz CT molecular complexity index is 717. The van der Waals surface area contributed by atoms with Crippen molar-refractivity contribution in [1.29, 1.82) is 0 Å². The predicted molar refractivity (Wildman–Crippen MR) is 79.3 cm³/mol. The zero-order valence-electron chi connectivity index (χ0n) is 11.6. The van der Waals surface area contributed by atoms with Crippen molar-refractivity contribution in [2.45, 2.75) is 12.5 Å². The highest BCUT2D eigenvalue weighted by molar-refractivity contribution is 6.19. The van der Waals surface area contributed by atoms with Gasteiger partial charge in [-0.1, -0.05) is 60.7 Å². The van der Waals surface area contributed by atoms with Crippen LogP contribution in [0.15, 0.2) is 66.7 Å². The Morgan fingerprint density at radius 1 is 0.952 bits per heavy atom. The molecule has 3 nitrogen and oxygen atoms in total. The van der Waals surface area contributed by atoms with E-state index in [1.54, 1.807) is 24.3 Å². The van der Waals surface area contributed by atoms with Gasteiger partial charge in [-0.15, -0.1) is 0 Å². The Morgan fingerprint density at radius 3 is 2.10 bits per heavy atom. The molecule has 0 aromatic heterocycles. The largest absolute Gasteiger partial charge is 0.466 e. The molecule has 0 spiro atoms. The molecule has 0 aliphatic carbocycles. The van der Waals surface area contributed by atoms with Crippen molar-refractivity contribution in [3.63, 3.8) is 0 Å². The van der Waals surface area contributed by atoms with Crippen LogP contribution in [0.1, 0.15) is 18.1 Å². The first-order valence-corrected chi connectivity index (χ1v) is 6.72. The molecule has 2 aromatic rings. The first-order valence-electron chi connectivity index (χ1n) is 6.72. The van der Waals surface area contributed by atoms with Gasteiger partial charge >= 0.3 is 0 Å². The van der Waals surface area contributed by atoms with Crippen LogP contribution < -0.4 is 0 Å². The average molecular weight is 278 g/mol. The van der Waals surface area contributed by atoms with Crippen LogP contribution in [0.5, 0.6) is 0 Å². The van der Waals surface area contributed by atoms with Crippen molar-refractivity contribution < 1.29 is 14.3 Å². The van der Waals surface area contributed by atoms with Gasteiger partial charge in [-0.3, -0.25) is 9.59 Å². The van der Waals surface area contributed by atoms with E-state index in [1.807, 2.05) is 36.4 Å². The summed E-state index contributed by atoms with van der Waals surface area (Å²) in [7, 11) is 0. The molecule has 0 N–H and O–H groups in total. The monoisotopic (exact) mass is 278 g/mol. The minimum atomic E-state index is -1.55. The van der Waals surface area contributed by atoms with E-state index in [0.29, 0.717) is 11.3 Å². The first-order chi connectivity index (χ1) is 10.1. The van der Waals surface area contributed by atoms with Crippen molar-refractivity contribution >= 4 is 17.3 Å². The third-order valence-electron chi connectivity index (χ3n) is 3.61. The topological polar surface area (TPSA) is 43.4 Å². The Kier molecular flexibility index (Phi) is 3.18. The van der Waals surface area contributed by atoms with E-state index < -0.39 is 5.60 Å². The summed E-state index contributed by atoms with van der Waals surface area (Å²) < 4.78 is 5.86. The molecular formula is C18H14O3. The number of carbonyl (C=O) groups excluding carboxylic acids is 2. The summed E-state index contributed by atoms with van der Waals surface area (Å²) in [5.74, 6) is -0.222. The van der Waals surface area contributed by atoms with Gasteiger partial charge in [0.15, 0.2) is 5.78 Å². The van der Waals surface area contributed by atoms with Gasteiger partial charge in [0, 0.05) is 17.2 Å². The van der Waals surface area contributed by atoms with Crippen molar-refractivity contribution in [2.75, 3.05) is 0 Å². The molecule has 1 aliphatic heterocycles. The second-order valence-corrected chi connectivity index (χ2v) is 4.94. The standard InChI is InChI=1S/C18H14O3/c1-13(19)18(15-10-6-3-7-11-15)17(20)12-16(21-18)14-8-4-2-5-9-14/h2-12H,1H3. The summed E-state index contributed by atoms with van der Waals surface area (Å²) >= 11 is 0. The Labute approximate surface area is 122 Å². The minimum absolute atomic E-state index is 0.319. The van der Waals surface area contributed by atoms with E-state index in [1.165, 1.54) is 13.0 Å². The first kappa shape index (κ1) is 13.3. The predicted octanol–water partition coefficient (Wildman–Crippen LogP) is 3.11. The molecule has 0 bridgehead atoms. The quantitative estimate of drug-likeness (QED) is 0.810. The number of Topliss-reactive ketones (excluding diaryl/α,β-unsaturated/α-hetero) is 1. The van der Waals surface area contributed by atoms with E-state index in [0.717, 1.165) is 5.56 Å². The fraction of sp³-hybridized carbons (Fsp3) is 0.111. The van der Waals surface area contributed by atoms with E-state index >= 15 is 0 Å². The van der Waals surface area contributed by atoms with Crippen LogP contribution in [0.25, 0.3) is 5.76 Å². The fourth-order valence-corrected chi connectivity index (χ4v) is 2.53. The van der Waals surface area contributed by atoms with E-state index in [4.69, 9.17) is 4.74 Å². The zero-order chi connectivity index (χ0) is 14.9. The van der Waals surface area contributed by atoms with E-state index in [9.17, 15) is 9.59 Å². The number of benzene rings is 2. The molecule has 2 aromatic carbocycles. The van der Waals surface area contributed by atoms with Crippen LogP contribution in [0.3, 0.4) is 0 Å². The Hall–Kier alpha value is -2.68. The van der Waals surface area contributed by atoms with Crippen molar-refractivity contribution in [3.8, 4) is 0 Å². The summed E-state index contributed by atoms with van der Waals surface area (Å²) in [6.45, 7) is 1.38. The molecule has 0 fully saturated rings. The van der Waals surface area contributed by atoms with Crippen molar-refractivity contribution in [2.24, 2.45) is 0 Å².